The number of benzene rings is 1. The van der Waals surface area contributed by atoms with Crippen molar-refractivity contribution in [1.29, 1.82) is 0 Å². The van der Waals surface area contributed by atoms with Crippen LogP contribution < -0.4 is 5.73 Å². The first kappa shape index (κ1) is 14.5. The number of carbonyl (C=O) groups excluding carboxylic acids is 1. The van der Waals surface area contributed by atoms with Gasteiger partial charge in [0.2, 0.25) is 5.76 Å². The number of hydrogen-bond acceptors (Lipinski definition) is 5. The largest absolute Gasteiger partial charge is 0.463 e. The van der Waals surface area contributed by atoms with Crippen LogP contribution in [0.4, 0.5) is 5.69 Å². The van der Waals surface area contributed by atoms with Crippen molar-refractivity contribution in [2.24, 2.45) is 0 Å². The topological polar surface area (TPSA) is 65.5 Å². The molecule has 0 spiro atoms. The lowest BCUT2D eigenvalue weighted by Crippen LogP contribution is -1.98. The Hall–Kier alpha value is -1.88. The van der Waals surface area contributed by atoms with Gasteiger partial charge >= 0.3 is 5.97 Å². The van der Waals surface area contributed by atoms with E-state index in [1.54, 1.807) is 23.9 Å². The number of ether oxygens (including phenoxy) is 1. The number of rotatable bonds is 4. The molecule has 2 rings (SSSR count). The van der Waals surface area contributed by atoms with Crippen LogP contribution in [0.5, 0.6) is 0 Å². The van der Waals surface area contributed by atoms with Crippen molar-refractivity contribution in [3.05, 3.63) is 47.4 Å². The second-order valence-electron chi connectivity index (χ2n) is 4.47. The van der Waals surface area contributed by atoms with E-state index in [0.29, 0.717) is 0 Å². The molecular weight excluding hydrogens is 274 g/mol. The van der Waals surface area contributed by atoms with Gasteiger partial charge in [0.25, 0.3) is 0 Å². The van der Waals surface area contributed by atoms with E-state index in [9.17, 15) is 4.79 Å². The molecule has 106 valence electrons. The van der Waals surface area contributed by atoms with E-state index in [2.05, 4.69) is 4.74 Å². The number of aryl methyl sites for hydroxylation is 1. The van der Waals surface area contributed by atoms with E-state index in [0.717, 1.165) is 21.9 Å². The summed E-state index contributed by atoms with van der Waals surface area (Å²) < 4.78 is 10.1. The number of thioether (sulfide) groups is 1. The number of esters is 1. The zero-order valence-electron chi connectivity index (χ0n) is 11.7. The Morgan fingerprint density at radius 1 is 1.35 bits per heavy atom. The van der Waals surface area contributed by atoms with Crippen molar-refractivity contribution in [3.8, 4) is 0 Å². The predicted octanol–water partition coefficient (Wildman–Crippen LogP) is 3.81. The van der Waals surface area contributed by atoms with Crippen molar-refractivity contribution >= 4 is 23.4 Å². The molecule has 4 nitrogen and oxygen atoms in total. The summed E-state index contributed by atoms with van der Waals surface area (Å²) in [5.74, 6) is 0.505. The summed E-state index contributed by atoms with van der Waals surface area (Å²) in [6.45, 7) is 4.00. The van der Waals surface area contributed by atoms with Crippen LogP contribution >= 0.6 is 11.8 Å². The number of nitrogens with two attached hydrogens (primary N) is 1. The average Bonchev–Trinajstić information content (AvgIpc) is 2.92. The van der Waals surface area contributed by atoms with Crippen LogP contribution in [-0.4, -0.2) is 13.1 Å². The summed E-state index contributed by atoms with van der Waals surface area (Å²) in [7, 11) is 1.33. The van der Waals surface area contributed by atoms with Gasteiger partial charge in [0, 0.05) is 10.6 Å². The molecule has 5 heteroatoms. The van der Waals surface area contributed by atoms with Crippen molar-refractivity contribution in [2.75, 3.05) is 12.8 Å². The quantitative estimate of drug-likeness (QED) is 0.527. The van der Waals surface area contributed by atoms with Crippen molar-refractivity contribution in [2.45, 2.75) is 24.0 Å². The second kappa shape index (κ2) is 6.05. The molecule has 0 aliphatic heterocycles. The first-order valence-electron chi connectivity index (χ1n) is 6.22. The van der Waals surface area contributed by atoms with Gasteiger partial charge in [-0.05, 0) is 49.7 Å². The highest BCUT2D eigenvalue weighted by Gasteiger charge is 2.16. The van der Waals surface area contributed by atoms with E-state index >= 15 is 0 Å². The van der Waals surface area contributed by atoms with Gasteiger partial charge in [0.1, 0.15) is 5.76 Å². The molecule has 0 radical (unpaired) electrons. The van der Waals surface area contributed by atoms with Crippen LogP contribution in [0.25, 0.3) is 0 Å². The standard InChI is InChI=1S/C15H17NO3S/c1-9-8-11(4-5-12(9)16)20-10(2)13-6-7-14(19-13)15(17)18-3/h4-8,10H,16H2,1-3H3. The monoisotopic (exact) mass is 291 g/mol. The van der Waals surface area contributed by atoms with E-state index in [1.165, 1.54) is 7.11 Å². The number of nitrogen functional groups attached to an aromatic ring is 1. The number of methoxy groups -OCH3 is 1. The molecule has 1 heterocycles. The van der Waals surface area contributed by atoms with Crippen LogP contribution in [-0.2, 0) is 4.74 Å². The van der Waals surface area contributed by atoms with Crippen molar-refractivity contribution in [3.63, 3.8) is 0 Å². The molecule has 1 aromatic carbocycles. The number of furan rings is 1. The maximum Gasteiger partial charge on any atom is 0.373 e. The Morgan fingerprint density at radius 3 is 2.75 bits per heavy atom. The maximum absolute atomic E-state index is 11.4. The van der Waals surface area contributed by atoms with Crippen LogP contribution in [0.2, 0.25) is 0 Å². The summed E-state index contributed by atoms with van der Waals surface area (Å²) in [4.78, 5) is 12.5. The van der Waals surface area contributed by atoms with Gasteiger partial charge in [-0.1, -0.05) is 0 Å². The highest BCUT2D eigenvalue weighted by atomic mass is 32.2. The summed E-state index contributed by atoms with van der Waals surface area (Å²) in [6, 6.07) is 9.35. The molecule has 0 amide bonds. The zero-order chi connectivity index (χ0) is 14.7. The van der Waals surface area contributed by atoms with Gasteiger partial charge < -0.3 is 14.9 Å². The first-order chi connectivity index (χ1) is 9.51. The molecule has 1 atom stereocenters. The SMILES string of the molecule is COC(=O)c1ccc(C(C)Sc2ccc(N)c(C)c2)o1. The fourth-order valence-electron chi connectivity index (χ4n) is 1.77. The van der Waals surface area contributed by atoms with E-state index in [-0.39, 0.29) is 11.0 Å². The van der Waals surface area contributed by atoms with Crippen molar-refractivity contribution in [1.82, 2.24) is 0 Å². The van der Waals surface area contributed by atoms with Gasteiger partial charge in [0.15, 0.2) is 0 Å². The summed E-state index contributed by atoms with van der Waals surface area (Å²) in [5, 5.41) is 0.0939. The third-order valence-electron chi connectivity index (χ3n) is 2.97. The second-order valence-corrected chi connectivity index (χ2v) is 5.89. The molecular formula is C15H17NO3S. The lowest BCUT2D eigenvalue weighted by Gasteiger charge is -2.10. The molecule has 0 aliphatic carbocycles. The van der Waals surface area contributed by atoms with Crippen molar-refractivity contribution < 1.29 is 13.9 Å². The summed E-state index contributed by atoms with van der Waals surface area (Å²) in [6.07, 6.45) is 0. The summed E-state index contributed by atoms with van der Waals surface area (Å²) >= 11 is 1.65. The Balaban J connectivity index is 2.11. The minimum absolute atomic E-state index is 0.0939. The lowest BCUT2D eigenvalue weighted by atomic mass is 10.2. The predicted molar refractivity (Wildman–Crippen MR) is 79.9 cm³/mol. The van der Waals surface area contributed by atoms with Crippen LogP contribution in [0.1, 0.15) is 34.1 Å². The van der Waals surface area contributed by atoms with E-state index in [1.807, 2.05) is 32.0 Å². The molecule has 0 fully saturated rings. The molecule has 0 saturated carbocycles. The molecule has 0 bridgehead atoms. The first-order valence-corrected chi connectivity index (χ1v) is 7.10. The molecule has 2 aromatic rings. The Kier molecular flexibility index (Phi) is 4.39. The van der Waals surface area contributed by atoms with Crippen LogP contribution in [0.15, 0.2) is 39.6 Å². The highest BCUT2D eigenvalue weighted by molar-refractivity contribution is 7.99. The van der Waals surface area contributed by atoms with Gasteiger partial charge in [-0.3, -0.25) is 0 Å². The number of carbonyl (C=O) groups is 1. The van der Waals surface area contributed by atoms with E-state index < -0.39 is 5.97 Å². The average molecular weight is 291 g/mol. The molecule has 1 aromatic heterocycles. The fourth-order valence-corrected chi connectivity index (χ4v) is 2.81. The minimum atomic E-state index is -0.461. The molecule has 0 saturated heterocycles. The zero-order valence-corrected chi connectivity index (χ0v) is 12.5. The van der Waals surface area contributed by atoms with Crippen LogP contribution in [0, 0.1) is 6.92 Å². The summed E-state index contributed by atoms with van der Waals surface area (Å²) in [5.41, 5.74) is 7.64. The van der Waals surface area contributed by atoms with Gasteiger partial charge in [-0.15, -0.1) is 11.8 Å². The lowest BCUT2D eigenvalue weighted by molar-refractivity contribution is 0.0563. The van der Waals surface area contributed by atoms with Crippen LogP contribution in [0.3, 0.4) is 0 Å². The van der Waals surface area contributed by atoms with Gasteiger partial charge in [-0.2, -0.15) is 0 Å². The highest BCUT2D eigenvalue weighted by Crippen LogP contribution is 2.36. The Morgan fingerprint density at radius 2 is 2.10 bits per heavy atom. The number of hydrogen-bond donors (Lipinski definition) is 1. The molecule has 1 unspecified atom stereocenters. The Bertz CT molecular complexity index is 621. The minimum Gasteiger partial charge on any atom is -0.463 e. The normalized spacial score (nSPS) is 12.2. The number of anilines is 1. The molecule has 0 aliphatic rings. The third-order valence-corrected chi connectivity index (χ3v) is 4.08. The molecule has 20 heavy (non-hydrogen) atoms. The van der Waals surface area contributed by atoms with E-state index in [4.69, 9.17) is 10.2 Å². The molecule has 2 N–H and O–H groups in total. The fraction of sp³-hybridized carbons (Fsp3) is 0.267. The maximum atomic E-state index is 11.4. The Labute approximate surface area is 122 Å². The third kappa shape index (κ3) is 3.17. The van der Waals surface area contributed by atoms with Gasteiger partial charge in [-0.25, -0.2) is 4.79 Å². The van der Waals surface area contributed by atoms with Gasteiger partial charge in [0.05, 0.1) is 12.4 Å². The smallest absolute Gasteiger partial charge is 0.373 e.